The van der Waals surface area contributed by atoms with Gasteiger partial charge in [-0.25, -0.2) is 12.8 Å². The molecule has 1 aromatic carbocycles. The summed E-state index contributed by atoms with van der Waals surface area (Å²) in [6, 6.07) is 3.63. The van der Waals surface area contributed by atoms with Crippen molar-refractivity contribution in [2.75, 3.05) is 38.5 Å². The van der Waals surface area contributed by atoms with E-state index in [1.165, 1.54) is 16.4 Å². The zero-order valence-electron chi connectivity index (χ0n) is 11.5. The summed E-state index contributed by atoms with van der Waals surface area (Å²) in [5.74, 6) is -0.698. The van der Waals surface area contributed by atoms with Gasteiger partial charge in [-0.2, -0.15) is 4.31 Å². The Labute approximate surface area is 119 Å². The number of rotatable bonds is 4. The number of hydrogen-bond acceptors (Lipinski definition) is 4. The molecular weight excluding hydrogens is 281 g/mol. The summed E-state index contributed by atoms with van der Waals surface area (Å²) >= 11 is 0. The number of piperazine rings is 1. The van der Waals surface area contributed by atoms with Gasteiger partial charge in [0.15, 0.2) is 0 Å². The fraction of sp³-hybridized carbons (Fsp3) is 0.538. The molecule has 1 fully saturated rings. The van der Waals surface area contributed by atoms with Crippen molar-refractivity contribution in [2.45, 2.75) is 18.2 Å². The molecule has 0 spiro atoms. The third kappa shape index (κ3) is 3.11. The highest BCUT2D eigenvalue weighted by atomic mass is 32.2. The number of hydrogen-bond donors (Lipinski definition) is 1. The number of nitrogens with zero attached hydrogens (tertiary/aromatic N) is 2. The molecule has 0 bridgehead atoms. The fourth-order valence-corrected chi connectivity index (χ4v) is 3.76. The van der Waals surface area contributed by atoms with Gasteiger partial charge < -0.3 is 10.6 Å². The molecule has 0 radical (unpaired) electrons. The molecule has 7 heteroatoms. The monoisotopic (exact) mass is 301 g/mol. The lowest BCUT2D eigenvalue weighted by Crippen LogP contribution is -2.48. The Balaban J connectivity index is 2.13. The highest BCUT2D eigenvalue weighted by Crippen LogP contribution is 2.21. The van der Waals surface area contributed by atoms with Crippen LogP contribution in [0.2, 0.25) is 0 Å². The summed E-state index contributed by atoms with van der Waals surface area (Å²) in [5, 5.41) is 0. The van der Waals surface area contributed by atoms with Crippen LogP contribution in [0.4, 0.5) is 10.1 Å². The van der Waals surface area contributed by atoms with Crippen molar-refractivity contribution < 1.29 is 12.8 Å². The standard InChI is InChI=1S/C13H20FN3O2S/c1-2-5-16-6-8-17(9-7-16)20(18,19)11-3-4-13(15)12(14)10-11/h3-4,10H,2,5-9,15H2,1H3. The minimum Gasteiger partial charge on any atom is -0.396 e. The summed E-state index contributed by atoms with van der Waals surface area (Å²) < 4.78 is 39.7. The molecule has 0 aromatic heterocycles. The summed E-state index contributed by atoms with van der Waals surface area (Å²) in [5.41, 5.74) is 5.33. The molecule has 1 heterocycles. The molecule has 2 N–H and O–H groups in total. The zero-order chi connectivity index (χ0) is 14.8. The Morgan fingerprint density at radius 2 is 1.90 bits per heavy atom. The molecule has 1 aliphatic rings. The topological polar surface area (TPSA) is 66.6 Å². The second kappa shape index (κ2) is 6.07. The Kier molecular flexibility index (Phi) is 4.62. The first kappa shape index (κ1) is 15.2. The smallest absolute Gasteiger partial charge is 0.243 e. The molecule has 20 heavy (non-hydrogen) atoms. The van der Waals surface area contributed by atoms with Gasteiger partial charge in [-0.05, 0) is 31.2 Å². The number of benzene rings is 1. The first-order valence-electron chi connectivity index (χ1n) is 6.72. The van der Waals surface area contributed by atoms with Crippen LogP contribution in [-0.4, -0.2) is 50.3 Å². The number of nitrogen functional groups attached to an aromatic ring is 1. The van der Waals surface area contributed by atoms with Crippen LogP contribution < -0.4 is 5.73 Å². The van der Waals surface area contributed by atoms with Crippen LogP contribution in [0.1, 0.15) is 13.3 Å². The van der Waals surface area contributed by atoms with E-state index in [9.17, 15) is 12.8 Å². The molecule has 0 amide bonds. The number of nitrogens with two attached hydrogens (primary N) is 1. The molecule has 5 nitrogen and oxygen atoms in total. The summed E-state index contributed by atoms with van der Waals surface area (Å²) in [7, 11) is -3.63. The molecule has 0 atom stereocenters. The highest BCUT2D eigenvalue weighted by molar-refractivity contribution is 7.89. The molecule has 1 aliphatic heterocycles. The fourth-order valence-electron chi connectivity index (χ4n) is 2.33. The Morgan fingerprint density at radius 1 is 1.25 bits per heavy atom. The second-order valence-corrected chi connectivity index (χ2v) is 6.87. The predicted octanol–water partition coefficient (Wildman–Crippen LogP) is 1.12. The maximum atomic E-state index is 13.4. The summed E-state index contributed by atoms with van der Waals surface area (Å²) in [6.45, 7) is 5.38. The van der Waals surface area contributed by atoms with Gasteiger partial charge >= 0.3 is 0 Å². The maximum absolute atomic E-state index is 13.4. The van der Waals surface area contributed by atoms with Crippen LogP contribution in [0.25, 0.3) is 0 Å². The van der Waals surface area contributed by atoms with Crippen molar-refractivity contribution in [2.24, 2.45) is 0 Å². The van der Waals surface area contributed by atoms with E-state index >= 15 is 0 Å². The normalized spacial score (nSPS) is 18.3. The number of anilines is 1. The third-order valence-electron chi connectivity index (χ3n) is 3.48. The molecule has 2 rings (SSSR count). The Bertz CT molecular complexity index is 569. The second-order valence-electron chi connectivity index (χ2n) is 4.93. The van der Waals surface area contributed by atoms with Crippen LogP contribution in [-0.2, 0) is 10.0 Å². The van der Waals surface area contributed by atoms with Crippen LogP contribution in [0.3, 0.4) is 0 Å². The van der Waals surface area contributed by atoms with E-state index < -0.39 is 15.8 Å². The average Bonchev–Trinajstić information content (AvgIpc) is 2.43. The number of halogens is 1. The molecule has 0 unspecified atom stereocenters. The summed E-state index contributed by atoms with van der Waals surface area (Å²) in [4.78, 5) is 2.20. The predicted molar refractivity (Wildman–Crippen MR) is 76.3 cm³/mol. The minimum atomic E-state index is -3.63. The maximum Gasteiger partial charge on any atom is 0.243 e. The van der Waals surface area contributed by atoms with Gasteiger partial charge in [0.05, 0.1) is 10.6 Å². The van der Waals surface area contributed by atoms with Crippen LogP contribution >= 0.6 is 0 Å². The van der Waals surface area contributed by atoms with E-state index in [0.717, 1.165) is 19.0 Å². The Hall–Kier alpha value is -1.18. The first-order chi connectivity index (χ1) is 9.45. The van der Waals surface area contributed by atoms with Crippen molar-refractivity contribution >= 4 is 15.7 Å². The van der Waals surface area contributed by atoms with E-state index in [2.05, 4.69) is 11.8 Å². The van der Waals surface area contributed by atoms with Gasteiger partial charge in [0.2, 0.25) is 10.0 Å². The van der Waals surface area contributed by atoms with Crippen molar-refractivity contribution in [3.05, 3.63) is 24.0 Å². The van der Waals surface area contributed by atoms with E-state index in [0.29, 0.717) is 26.2 Å². The van der Waals surface area contributed by atoms with Gasteiger partial charge in [-0.15, -0.1) is 0 Å². The molecule has 1 aromatic rings. The first-order valence-corrected chi connectivity index (χ1v) is 8.16. The zero-order valence-corrected chi connectivity index (χ0v) is 12.4. The van der Waals surface area contributed by atoms with Gasteiger partial charge in [-0.1, -0.05) is 6.92 Å². The average molecular weight is 301 g/mol. The third-order valence-corrected chi connectivity index (χ3v) is 5.38. The van der Waals surface area contributed by atoms with Gasteiger partial charge in [0.1, 0.15) is 5.82 Å². The van der Waals surface area contributed by atoms with E-state index in [1.807, 2.05) is 0 Å². The summed E-state index contributed by atoms with van der Waals surface area (Å²) in [6.07, 6.45) is 1.05. The lowest BCUT2D eigenvalue weighted by molar-refractivity contribution is 0.188. The molecule has 1 saturated heterocycles. The minimum absolute atomic E-state index is 0.0341. The van der Waals surface area contributed by atoms with E-state index in [-0.39, 0.29) is 10.6 Å². The SMILES string of the molecule is CCCN1CCN(S(=O)(=O)c2ccc(N)c(F)c2)CC1. The Morgan fingerprint density at radius 3 is 2.45 bits per heavy atom. The largest absolute Gasteiger partial charge is 0.396 e. The lowest BCUT2D eigenvalue weighted by atomic mass is 10.3. The lowest BCUT2D eigenvalue weighted by Gasteiger charge is -2.33. The van der Waals surface area contributed by atoms with Crippen LogP contribution in [0.15, 0.2) is 23.1 Å². The van der Waals surface area contributed by atoms with Gasteiger partial charge in [-0.3, -0.25) is 0 Å². The van der Waals surface area contributed by atoms with Gasteiger partial charge in [0, 0.05) is 26.2 Å². The van der Waals surface area contributed by atoms with Gasteiger partial charge in [0.25, 0.3) is 0 Å². The van der Waals surface area contributed by atoms with E-state index in [1.54, 1.807) is 0 Å². The number of sulfonamides is 1. The van der Waals surface area contributed by atoms with E-state index in [4.69, 9.17) is 5.73 Å². The molecule has 0 saturated carbocycles. The quantitative estimate of drug-likeness (QED) is 0.847. The van der Waals surface area contributed by atoms with Crippen molar-refractivity contribution in [3.8, 4) is 0 Å². The van der Waals surface area contributed by atoms with Crippen LogP contribution in [0.5, 0.6) is 0 Å². The van der Waals surface area contributed by atoms with Crippen molar-refractivity contribution in [3.63, 3.8) is 0 Å². The van der Waals surface area contributed by atoms with Crippen LogP contribution in [0, 0.1) is 5.82 Å². The van der Waals surface area contributed by atoms with Crippen molar-refractivity contribution in [1.82, 2.24) is 9.21 Å². The molecule has 112 valence electrons. The molecular formula is C13H20FN3O2S. The van der Waals surface area contributed by atoms with Crippen molar-refractivity contribution in [1.29, 1.82) is 0 Å². The highest BCUT2D eigenvalue weighted by Gasteiger charge is 2.28. The molecule has 0 aliphatic carbocycles.